The second-order valence-corrected chi connectivity index (χ2v) is 5.86. The van der Waals surface area contributed by atoms with Crippen LogP contribution in [0, 0.1) is 5.92 Å². The van der Waals surface area contributed by atoms with Gasteiger partial charge >= 0.3 is 5.97 Å². The van der Waals surface area contributed by atoms with Crippen molar-refractivity contribution in [1.82, 2.24) is 10.2 Å². The summed E-state index contributed by atoms with van der Waals surface area (Å²) in [6, 6.07) is 5.71. The zero-order valence-electron chi connectivity index (χ0n) is 15.4. The molecule has 0 bridgehead atoms. The molecule has 0 radical (unpaired) electrons. The highest BCUT2D eigenvalue weighted by atomic mass is 16.5. The average Bonchev–Trinajstić information content (AvgIpc) is 2.68. The summed E-state index contributed by atoms with van der Waals surface area (Å²) in [4.78, 5) is 18.2. The maximum Gasteiger partial charge on any atom is 0.308 e. The van der Waals surface area contributed by atoms with Crippen LogP contribution >= 0.6 is 0 Å². The van der Waals surface area contributed by atoms with Gasteiger partial charge in [-0.05, 0) is 31.0 Å². The summed E-state index contributed by atoms with van der Waals surface area (Å²) >= 11 is 0. The van der Waals surface area contributed by atoms with Crippen LogP contribution in [-0.4, -0.2) is 58.3 Å². The van der Waals surface area contributed by atoms with E-state index in [1.807, 2.05) is 18.2 Å². The van der Waals surface area contributed by atoms with Crippen molar-refractivity contribution in [3.63, 3.8) is 0 Å². The lowest BCUT2D eigenvalue weighted by atomic mass is 9.97. The van der Waals surface area contributed by atoms with Crippen molar-refractivity contribution >= 4 is 11.9 Å². The predicted molar refractivity (Wildman–Crippen MR) is 96.1 cm³/mol. The van der Waals surface area contributed by atoms with Crippen LogP contribution < -0.4 is 14.8 Å². The minimum absolute atomic E-state index is 0.0159. The molecule has 0 saturated carbocycles. The molecular weight excluding hydrogens is 322 g/mol. The quantitative estimate of drug-likeness (QED) is 0.495. The molecule has 25 heavy (non-hydrogen) atoms. The topological polar surface area (TPSA) is 72.4 Å². The van der Waals surface area contributed by atoms with Gasteiger partial charge in [0.1, 0.15) is 11.5 Å². The number of hydrogen-bond donors (Lipinski definition) is 1. The van der Waals surface area contributed by atoms with Crippen molar-refractivity contribution in [3.05, 3.63) is 23.8 Å². The highest BCUT2D eigenvalue weighted by molar-refractivity contribution is 5.80. The van der Waals surface area contributed by atoms with Gasteiger partial charge < -0.3 is 24.4 Å². The molecule has 1 aliphatic rings. The fourth-order valence-electron chi connectivity index (χ4n) is 3.02. The third kappa shape index (κ3) is 4.78. The van der Waals surface area contributed by atoms with E-state index in [9.17, 15) is 4.79 Å². The minimum atomic E-state index is -0.122. The number of piperidine rings is 1. The fourth-order valence-corrected chi connectivity index (χ4v) is 3.02. The van der Waals surface area contributed by atoms with Crippen LogP contribution in [0.1, 0.15) is 18.4 Å². The number of benzene rings is 1. The number of aliphatic imine (C=N–C) groups is 1. The lowest BCUT2D eigenvalue weighted by molar-refractivity contribution is -0.146. The van der Waals surface area contributed by atoms with E-state index in [0.29, 0.717) is 6.54 Å². The van der Waals surface area contributed by atoms with E-state index in [2.05, 4.69) is 15.2 Å². The maximum atomic E-state index is 11.6. The lowest BCUT2D eigenvalue weighted by Crippen LogP contribution is -2.46. The SMILES string of the molecule is CN=C(NCc1cc(OC)ccc1OC)N1CCC(C(=O)OC)CC1. The van der Waals surface area contributed by atoms with Crippen LogP contribution in [0.3, 0.4) is 0 Å². The van der Waals surface area contributed by atoms with E-state index in [1.54, 1.807) is 21.3 Å². The standard InChI is InChI=1S/C18H27N3O4/c1-19-18(21-9-7-13(8-10-21)17(22)25-4)20-12-14-11-15(23-2)5-6-16(14)24-3/h5-6,11,13H,7-10,12H2,1-4H3,(H,19,20). The van der Waals surface area contributed by atoms with Crippen LogP contribution in [0.5, 0.6) is 11.5 Å². The first-order valence-corrected chi connectivity index (χ1v) is 8.37. The Morgan fingerprint density at radius 2 is 1.96 bits per heavy atom. The summed E-state index contributed by atoms with van der Waals surface area (Å²) in [5.41, 5.74) is 0.993. The summed E-state index contributed by atoms with van der Waals surface area (Å²) in [7, 11) is 6.50. The van der Waals surface area contributed by atoms with Crippen molar-refractivity contribution in [2.24, 2.45) is 10.9 Å². The summed E-state index contributed by atoms with van der Waals surface area (Å²) in [5, 5.41) is 3.36. The number of nitrogens with one attached hydrogen (secondary N) is 1. The molecule has 2 rings (SSSR count). The normalized spacial score (nSPS) is 15.7. The first-order chi connectivity index (χ1) is 12.1. The summed E-state index contributed by atoms with van der Waals surface area (Å²) < 4.78 is 15.5. The number of likely N-dealkylation sites (tertiary alicyclic amines) is 1. The number of carbonyl (C=O) groups is 1. The Morgan fingerprint density at radius 3 is 2.52 bits per heavy atom. The molecule has 1 aromatic rings. The van der Waals surface area contributed by atoms with Crippen LogP contribution in [0.15, 0.2) is 23.2 Å². The molecule has 0 unspecified atom stereocenters. The molecule has 1 heterocycles. The van der Waals surface area contributed by atoms with Gasteiger partial charge in [0.15, 0.2) is 5.96 Å². The molecule has 0 aromatic heterocycles. The minimum Gasteiger partial charge on any atom is -0.497 e. The number of methoxy groups -OCH3 is 3. The first kappa shape index (κ1) is 18.9. The highest BCUT2D eigenvalue weighted by Gasteiger charge is 2.27. The van der Waals surface area contributed by atoms with E-state index in [4.69, 9.17) is 14.2 Å². The van der Waals surface area contributed by atoms with Crippen molar-refractivity contribution in [3.8, 4) is 11.5 Å². The van der Waals surface area contributed by atoms with Crippen LogP contribution in [-0.2, 0) is 16.1 Å². The van der Waals surface area contributed by atoms with Crippen LogP contribution in [0.25, 0.3) is 0 Å². The predicted octanol–water partition coefficient (Wildman–Crippen LogP) is 1.66. The molecule has 0 aliphatic carbocycles. The Balaban J connectivity index is 1.96. The van der Waals surface area contributed by atoms with Gasteiger partial charge in [-0.3, -0.25) is 9.79 Å². The summed E-state index contributed by atoms with van der Waals surface area (Å²) in [6.45, 7) is 2.12. The first-order valence-electron chi connectivity index (χ1n) is 8.37. The molecule has 1 N–H and O–H groups in total. The number of nitrogens with zero attached hydrogens (tertiary/aromatic N) is 2. The Morgan fingerprint density at radius 1 is 1.24 bits per heavy atom. The highest BCUT2D eigenvalue weighted by Crippen LogP contribution is 2.24. The Hall–Kier alpha value is -2.44. The van der Waals surface area contributed by atoms with Gasteiger partial charge in [-0.15, -0.1) is 0 Å². The van der Waals surface area contributed by atoms with Crippen molar-refractivity contribution in [2.75, 3.05) is 41.5 Å². The maximum absolute atomic E-state index is 11.6. The molecule has 0 amide bonds. The van der Waals surface area contributed by atoms with E-state index >= 15 is 0 Å². The molecule has 7 heteroatoms. The second kappa shape index (κ2) is 9.15. The van der Waals surface area contributed by atoms with Gasteiger partial charge in [0, 0.05) is 32.2 Å². The van der Waals surface area contributed by atoms with E-state index in [0.717, 1.165) is 49.0 Å². The van der Waals surface area contributed by atoms with E-state index in [-0.39, 0.29) is 11.9 Å². The summed E-state index contributed by atoms with van der Waals surface area (Å²) in [6.07, 6.45) is 1.55. The fraction of sp³-hybridized carbons (Fsp3) is 0.556. The molecule has 0 atom stereocenters. The molecule has 1 saturated heterocycles. The van der Waals surface area contributed by atoms with E-state index < -0.39 is 0 Å². The lowest BCUT2D eigenvalue weighted by Gasteiger charge is -2.33. The largest absolute Gasteiger partial charge is 0.497 e. The monoisotopic (exact) mass is 349 g/mol. The molecule has 1 aliphatic heterocycles. The smallest absolute Gasteiger partial charge is 0.308 e. The zero-order valence-corrected chi connectivity index (χ0v) is 15.4. The molecule has 1 aromatic carbocycles. The van der Waals surface area contributed by atoms with Gasteiger partial charge in [0.25, 0.3) is 0 Å². The average molecular weight is 349 g/mol. The van der Waals surface area contributed by atoms with Gasteiger partial charge in [-0.25, -0.2) is 0 Å². The number of hydrogen-bond acceptors (Lipinski definition) is 5. The number of rotatable bonds is 5. The van der Waals surface area contributed by atoms with Crippen molar-refractivity contribution in [1.29, 1.82) is 0 Å². The molecule has 7 nitrogen and oxygen atoms in total. The number of carbonyl (C=O) groups excluding carboxylic acids is 1. The third-order valence-corrected chi connectivity index (χ3v) is 4.47. The molecule has 0 spiro atoms. The Kier molecular flexibility index (Phi) is 6.91. The molecular formula is C18H27N3O4. The Bertz CT molecular complexity index is 610. The summed E-state index contributed by atoms with van der Waals surface area (Å²) in [5.74, 6) is 2.26. The molecule has 138 valence electrons. The second-order valence-electron chi connectivity index (χ2n) is 5.86. The number of esters is 1. The van der Waals surface area contributed by atoms with Gasteiger partial charge in [0.05, 0.1) is 27.2 Å². The van der Waals surface area contributed by atoms with Crippen LogP contribution in [0.4, 0.5) is 0 Å². The van der Waals surface area contributed by atoms with Crippen molar-refractivity contribution < 1.29 is 19.0 Å². The van der Waals surface area contributed by atoms with Crippen LogP contribution in [0.2, 0.25) is 0 Å². The van der Waals surface area contributed by atoms with Gasteiger partial charge in [-0.2, -0.15) is 0 Å². The van der Waals surface area contributed by atoms with Gasteiger partial charge in [0.2, 0.25) is 0 Å². The van der Waals surface area contributed by atoms with E-state index in [1.165, 1.54) is 7.11 Å². The molecule has 1 fully saturated rings. The number of guanidine groups is 1. The van der Waals surface area contributed by atoms with Crippen molar-refractivity contribution in [2.45, 2.75) is 19.4 Å². The number of ether oxygens (including phenoxy) is 3. The van der Waals surface area contributed by atoms with Gasteiger partial charge in [-0.1, -0.05) is 0 Å². The zero-order chi connectivity index (χ0) is 18.2. The third-order valence-electron chi connectivity index (χ3n) is 4.47. The Labute approximate surface area is 149 Å².